The number of carbonyl (C=O) groups is 1. The molecular weight excluding hydrogens is 253 g/mol. The van der Waals surface area contributed by atoms with E-state index in [1.807, 2.05) is 0 Å². The van der Waals surface area contributed by atoms with E-state index in [2.05, 4.69) is 9.84 Å². The number of rotatable bonds is 0. The molecule has 2 aliphatic rings. The van der Waals surface area contributed by atoms with Crippen LogP contribution in [0.15, 0.2) is 5.10 Å². The maximum atomic E-state index is 13.1. The molecule has 5 nitrogen and oxygen atoms in total. The summed E-state index contributed by atoms with van der Waals surface area (Å²) in [6.07, 6.45) is -4.50. The average molecular weight is 266 g/mol. The smallest absolute Gasteiger partial charge is 0.439 e. The largest absolute Gasteiger partial charge is 0.451 e. The van der Waals surface area contributed by atoms with Crippen LogP contribution in [0.5, 0.6) is 0 Å². The third-order valence-corrected chi connectivity index (χ3v) is 3.38. The van der Waals surface area contributed by atoms with Gasteiger partial charge in [0.2, 0.25) is 0 Å². The van der Waals surface area contributed by atoms with E-state index in [1.54, 1.807) is 0 Å². The molecule has 0 aromatic rings. The van der Waals surface area contributed by atoms with Crippen LogP contribution >= 0.6 is 0 Å². The van der Waals surface area contributed by atoms with Gasteiger partial charge in [-0.05, 0) is 19.3 Å². The predicted octanol–water partition coefficient (Wildman–Crippen LogP) is 1.87. The van der Waals surface area contributed by atoms with Crippen molar-refractivity contribution < 1.29 is 27.8 Å². The summed E-state index contributed by atoms with van der Waals surface area (Å²) < 4.78 is 43.5. The zero-order chi connectivity index (χ0) is 13.6. The van der Waals surface area contributed by atoms with Crippen LogP contribution in [-0.4, -0.2) is 40.9 Å². The van der Waals surface area contributed by atoms with Crippen LogP contribution in [0.25, 0.3) is 0 Å². The minimum absolute atomic E-state index is 0.0261. The third-order valence-electron chi connectivity index (χ3n) is 3.38. The van der Waals surface area contributed by atoms with Gasteiger partial charge in [0.15, 0.2) is 0 Å². The zero-order valence-electron chi connectivity index (χ0n) is 9.70. The minimum Gasteiger partial charge on any atom is -0.451 e. The SMILES string of the molecule is COC(=O)N1N=C2CCCC[C@@H]2[C@@]1(O)C(F)(F)F. The second-order valence-electron chi connectivity index (χ2n) is 4.40. The van der Waals surface area contributed by atoms with E-state index in [1.165, 1.54) is 0 Å². The number of halogens is 3. The molecule has 2 rings (SSSR count). The van der Waals surface area contributed by atoms with Crippen molar-refractivity contribution in [1.82, 2.24) is 5.01 Å². The molecule has 0 spiro atoms. The van der Waals surface area contributed by atoms with Crippen LogP contribution < -0.4 is 0 Å². The van der Waals surface area contributed by atoms with Gasteiger partial charge in [-0.1, -0.05) is 6.42 Å². The highest BCUT2D eigenvalue weighted by molar-refractivity contribution is 5.92. The van der Waals surface area contributed by atoms with Crippen molar-refractivity contribution in [2.75, 3.05) is 7.11 Å². The lowest BCUT2D eigenvalue weighted by atomic mass is 9.80. The maximum absolute atomic E-state index is 13.1. The first-order valence-electron chi connectivity index (χ1n) is 5.57. The number of hydrogen-bond acceptors (Lipinski definition) is 4. The molecule has 0 aromatic heterocycles. The van der Waals surface area contributed by atoms with Crippen LogP contribution in [0.1, 0.15) is 25.7 Å². The molecular formula is C10H13F3N2O3. The number of amides is 1. The Kier molecular flexibility index (Phi) is 3.00. The Morgan fingerprint density at radius 3 is 2.78 bits per heavy atom. The molecule has 0 bridgehead atoms. The van der Waals surface area contributed by atoms with Crippen molar-refractivity contribution in [3.8, 4) is 0 Å². The number of fused-ring (bicyclic) bond motifs is 1. The summed E-state index contributed by atoms with van der Waals surface area (Å²) in [6.45, 7) is 0. The van der Waals surface area contributed by atoms with E-state index in [-0.39, 0.29) is 17.1 Å². The molecule has 2 atom stereocenters. The fourth-order valence-corrected chi connectivity index (χ4v) is 2.49. The molecule has 102 valence electrons. The van der Waals surface area contributed by atoms with Crippen LogP contribution in [0, 0.1) is 5.92 Å². The van der Waals surface area contributed by atoms with Crippen molar-refractivity contribution in [3.63, 3.8) is 0 Å². The normalized spacial score (nSPS) is 31.9. The lowest BCUT2D eigenvalue weighted by Gasteiger charge is -2.37. The first-order valence-corrected chi connectivity index (χ1v) is 5.57. The van der Waals surface area contributed by atoms with Gasteiger partial charge in [0.1, 0.15) is 0 Å². The highest BCUT2D eigenvalue weighted by Crippen LogP contribution is 2.48. The summed E-state index contributed by atoms with van der Waals surface area (Å²) >= 11 is 0. The van der Waals surface area contributed by atoms with E-state index in [0.29, 0.717) is 19.3 Å². The number of methoxy groups -OCH3 is 1. The molecule has 18 heavy (non-hydrogen) atoms. The van der Waals surface area contributed by atoms with Crippen LogP contribution in [0.4, 0.5) is 18.0 Å². The highest BCUT2D eigenvalue weighted by atomic mass is 19.4. The van der Waals surface area contributed by atoms with Gasteiger partial charge in [-0.2, -0.15) is 23.3 Å². The predicted molar refractivity (Wildman–Crippen MR) is 54.6 cm³/mol. The Labute approximate surface area is 101 Å². The fraction of sp³-hybridized carbons (Fsp3) is 0.800. The third kappa shape index (κ3) is 1.66. The van der Waals surface area contributed by atoms with Gasteiger partial charge in [-0.3, -0.25) is 0 Å². The maximum Gasteiger partial charge on any atom is 0.439 e. The van der Waals surface area contributed by atoms with E-state index in [4.69, 9.17) is 0 Å². The van der Waals surface area contributed by atoms with E-state index < -0.39 is 23.9 Å². The van der Waals surface area contributed by atoms with Gasteiger partial charge >= 0.3 is 12.3 Å². The molecule has 0 unspecified atom stereocenters. The fourth-order valence-electron chi connectivity index (χ4n) is 2.49. The summed E-state index contributed by atoms with van der Waals surface area (Å²) in [5.41, 5.74) is -3.07. The Bertz CT molecular complexity index is 396. The Balaban J connectivity index is 2.43. The summed E-state index contributed by atoms with van der Waals surface area (Å²) in [7, 11) is 0.946. The van der Waals surface area contributed by atoms with Crippen molar-refractivity contribution >= 4 is 11.8 Å². The van der Waals surface area contributed by atoms with Crippen LogP contribution in [-0.2, 0) is 4.74 Å². The number of nitrogens with zero attached hydrogens (tertiary/aromatic N) is 2. The van der Waals surface area contributed by atoms with Gasteiger partial charge in [0.25, 0.3) is 5.72 Å². The van der Waals surface area contributed by atoms with E-state index in [9.17, 15) is 23.1 Å². The van der Waals surface area contributed by atoms with Crippen LogP contribution in [0.3, 0.4) is 0 Å². The Hall–Kier alpha value is -1.31. The summed E-state index contributed by atoms with van der Waals surface area (Å²) in [4.78, 5) is 11.4. The molecule has 1 N–H and O–H groups in total. The number of carbonyl (C=O) groups excluding carboxylic acids is 1. The van der Waals surface area contributed by atoms with Gasteiger partial charge in [0.05, 0.1) is 13.0 Å². The van der Waals surface area contributed by atoms with Crippen molar-refractivity contribution in [2.45, 2.75) is 37.6 Å². The molecule has 0 saturated heterocycles. The summed E-state index contributed by atoms with van der Waals surface area (Å²) in [5, 5.41) is 13.6. The molecule has 1 heterocycles. The zero-order valence-corrected chi connectivity index (χ0v) is 9.70. The van der Waals surface area contributed by atoms with Gasteiger partial charge < -0.3 is 9.84 Å². The lowest BCUT2D eigenvalue weighted by molar-refractivity contribution is -0.314. The van der Waals surface area contributed by atoms with Crippen LogP contribution in [0.2, 0.25) is 0 Å². The molecule has 1 amide bonds. The molecule has 1 aliphatic carbocycles. The van der Waals surface area contributed by atoms with Crippen molar-refractivity contribution in [1.29, 1.82) is 0 Å². The number of alkyl halides is 3. The molecule has 0 aromatic carbocycles. The standard InChI is InChI=1S/C10H13F3N2O3/c1-18-8(16)15-9(17,10(11,12)13)6-4-2-3-5-7(6)14-15/h6,17H,2-5H2,1H3/t6-,9+/m0/s1. The van der Waals surface area contributed by atoms with E-state index in [0.717, 1.165) is 7.11 Å². The number of hydrazone groups is 1. The first kappa shape index (κ1) is 13.1. The highest BCUT2D eigenvalue weighted by Gasteiger charge is 2.68. The average Bonchev–Trinajstić information content (AvgIpc) is 2.63. The minimum atomic E-state index is -4.98. The summed E-state index contributed by atoms with van der Waals surface area (Å²) in [6, 6.07) is 0. The monoisotopic (exact) mass is 266 g/mol. The Morgan fingerprint density at radius 2 is 2.22 bits per heavy atom. The number of hydrogen-bond donors (Lipinski definition) is 1. The molecule has 1 saturated carbocycles. The van der Waals surface area contributed by atoms with Gasteiger partial charge in [-0.15, -0.1) is 0 Å². The van der Waals surface area contributed by atoms with E-state index >= 15 is 0 Å². The Morgan fingerprint density at radius 1 is 1.56 bits per heavy atom. The van der Waals surface area contributed by atoms with Crippen molar-refractivity contribution in [3.05, 3.63) is 0 Å². The topological polar surface area (TPSA) is 62.1 Å². The molecule has 8 heteroatoms. The molecule has 1 aliphatic heterocycles. The number of aliphatic hydroxyl groups is 1. The van der Waals surface area contributed by atoms with Gasteiger partial charge in [0, 0.05) is 5.71 Å². The molecule has 1 fully saturated rings. The second-order valence-corrected chi connectivity index (χ2v) is 4.40. The lowest BCUT2D eigenvalue weighted by Crippen LogP contribution is -2.61. The summed E-state index contributed by atoms with van der Waals surface area (Å²) in [5.74, 6) is -1.19. The molecule has 0 radical (unpaired) electrons. The quantitative estimate of drug-likeness (QED) is 0.728. The second kappa shape index (κ2) is 4.11. The number of ether oxygens (including phenoxy) is 1. The van der Waals surface area contributed by atoms with Gasteiger partial charge in [-0.25, -0.2) is 4.79 Å². The first-order chi connectivity index (χ1) is 8.32. The van der Waals surface area contributed by atoms with Crippen molar-refractivity contribution in [2.24, 2.45) is 11.0 Å².